The van der Waals surface area contributed by atoms with Gasteiger partial charge >= 0.3 is 6.11 Å². The van der Waals surface area contributed by atoms with E-state index in [0.29, 0.717) is 0 Å². The van der Waals surface area contributed by atoms with Crippen molar-refractivity contribution < 1.29 is 13.5 Å². The van der Waals surface area contributed by atoms with E-state index in [4.69, 9.17) is 0 Å². The highest BCUT2D eigenvalue weighted by Crippen LogP contribution is 2.16. The second-order valence-electron chi connectivity index (χ2n) is 1.20. The van der Waals surface area contributed by atoms with Crippen LogP contribution in [-0.2, 0) is 4.74 Å². The Morgan fingerprint density at radius 2 is 2.00 bits per heavy atom. The lowest BCUT2D eigenvalue weighted by Gasteiger charge is -2.08. The maximum Gasteiger partial charge on any atom is 0.355 e. The number of hydrogen-bond donors (Lipinski definition) is 0. The fraction of sp³-hybridized carbons (Fsp3) is 1.00. The van der Waals surface area contributed by atoms with Crippen molar-refractivity contribution in [2.24, 2.45) is 0 Å². The third kappa shape index (κ3) is 2.51. The molecule has 0 aromatic carbocycles. The molecule has 1 nitrogen and oxygen atoms in total. The molecule has 44 valence electrons. The molecule has 0 radical (unpaired) electrons. The summed E-state index contributed by atoms with van der Waals surface area (Å²) in [6.07, 6.45) is -3.18. The minimum atomic E-state index is -2.92. The van der Waals surface area contributed by atoms with Gasteiger partial charge in [-0.15, -0.1) is 0 Å². The van der Waals surface area contributed by atoms with Crippen molar-refractivity contribution in [2.45, 2.75) is 19.5 Å². The highest BCUT2D eigenvalue weighted by atomic mass is 19.3. The molecule has 0 aliphatic carbocycles. The zero-order chi connectivity index (χ0) is 5.91. The third-order valence-corrected chi connectivity index (χ3v) is 0.710. The summed E-state index contributed by atoms with van der Waals surface area (Å²) in [6, 6.07) is 0. The monoisotopic (exact) mass is 110 g/mol. The molecule has 3 heteroatoms. The van der Waals surface area contributed by atoms with E-state index < -0.39 is 6.11 Å². The van der Waals surface area contributed by atoms with Crippen LogP contribution < -0.4 is 0 Å². The van der Waals surface area contributed by atoms with Gasteiger partial charge < -0.3 is 4.74 Å². The molecule has 0 aromatic heterocycles. The number of alkyl halides is 2. The molecule has 7 heavy (non-hydrogen) atoms. The molecule has 0 saturated heterocycles. The Hall–Kier alpha value is -0.180. The molecule has 0 amide bonds. The van der Waals surface area contributed by atoms with Gasteiger partial charge in [-0.2, -0.15) is 8.78 Å². The fourth-order valence-electron chi connectivity index (χ4n) is 0.144. The van der Waals surface area contributed by atoms with Crippen molar-refractivity contribution in [2.75, 3.05) is 7.11 Å². The molecule has 0 bridgehead atoms. The predicted molar refractivity (Wildman–Crippen MR) is 22.2 cm³/mol. The van der Waals surface area contributed by atoms with Crippen LogP contribution in [0.5, 0.6) is 0 Å². The van der Waals surface area contributed by atoms with E-state index in [2.05, 4.69) is 4.74 Å². The van der Waals surface area contributed by atoms with Gasteiger partial charge in [0.05, 0.1) is 0 Å². The number of rotatable bonds is 2. The van der Waals surface area contributed by atoms with Gasteiger partial charge in [0.1, 0.15) is 0 Å². The van der Waals surface area contributed by atoms with Crippen LogP contribution in [0.25, 0.3) is 0 Å². The largest absolute Gasteiger partial charge is 0.355 e. The molecule has 0 spiro atoms. The zero-order valence-corrected chi connectivity index (χ0v) is 4.37. The Labute approximate surface area is 41.3 Å². The average Bonchev–Trinajstić information content (AvgIpc) is 1.68. The van der Waals surface area contributed by atoms with Gasteiger partial charge in [0.15, 0.2) is 0 Å². The molecule has 0 aliphatic rings. The van der Waals surface area contributed by atoms with Crippen LogP contribution in [0.15, 0.2) is 0 Å². The van der Waals surface area contributed by atoms with Gasteiger partial charge in [0.2, 0.25) is 0 Å². The molecular weight excluding hydrogens is 102 g/mol. The Kier molecular flexibility index (Phi) is 2.15. The number of ether oxygens (including phenoxy) is 1. The summed E-state index contributed by atoms with van der Waals surface area (Å²) in [7, 11) is 0.990. The van der Waals surface area contributed by atoms with Crippen molar-refractivity contribution in [3.05, 3.63) is 0 Å². The maximum absolute atomic E-state index is 11.7. The van der Waals surface area contributed by atoms with Gasteiger partial charge in [-0.25, -0.2) is 0 Å². The molecule has 0 N–H and O–H groups in total. The van der Waals surface area contributed by atoms with Crippen LogP contribution >= 0.6 is 0 Å². The molecule has 0 heterocycles. The lowest BCUT2D eigenvalue weighted by atomic mass is 10.5. The highest BCUT2D eigenvalue weighted by molar-refractivity contribution is 4.42. The predicted octanol–water partition coefficient (Wildman–Crippen LogP) is 1.64. The summed E-state index contributed by atoms with van der Waals surface area (Å²) >= 11 is 0. The Bertz CT molecular complexity index is 47.7. The van der Waals surface area contributed by atoms with Crippen LogP contribution in [0.1, 0.15) is 13.3 Å². The number of hydrogen-bond acceptors (Lipinski definition) is 1. The Morgan fingerprint density at radius 3 is 2.00 bits per heavy atom. The summed E-state index contributed by atoms with van der Waals surface area (Å²) in [4.78, 5) is 0. The highest BCUT2D eigenvalue weighted by Gasteiger charge is 2.23. The van der Waals surface area contributed by atoms with E-state index in [0.717, 1.165) is 7.11 Å². The first-order valence-electron chi connectivity index (χ1n) is 2.05. The zero-order valence-electron chi connectivity index (χ0n) is 4.37. The van der Waals surface area contributed by atoms with E-state index in [1.54, 1.807) is 0 Å². The van der Waals surface area contributed by atoms with Crippen molar-refractivity contribution in [3.63, 3.8) is 0 Å². The average molecular weight is 110 g/mol. The first kappa shape index (κ1) is 6.82. The summed E-state index contributed by atoms with van der Waals surface area (Å²) in [5.41, 5.74) is 0. The van der Waals surface area contributed by atoms with Crippen molar-refractivity contribution in [1.29, 1.82) is 0 Å². The van der Waals surface area contributed by atoms with Gasteiger partial charge in [-0.05, 0) is 0 Å². The van der Waals surface area contributed by atoms with Crippen molar-refractivity contribution >= 4 is 0 Å². The Morgan fingerprint density at radius 1 is 1.57 bits per heavy atom. The lowest BCUT2D eigenvalue weighted by molar-refractivity contribution is -0.222. The molecule has 0 aliphatic heterocycles. The Balaban J connectivity index is 3.36. The molecule has 0 rings (SSSR count). The number of halogens is 2. The minimum Gasteiger partial charge on any atom is -0.324 e. The van der Waals surface area contributed by atoms with Gasteiger partial charge in [0.25, 0.3) is 0 Å². The summed E-state index contributed by atoms with van der Waals surface area (Å²) < 4.78 is 27.1. The quantitative estimate of drug-likeness (QED) is 0.525. The van der Waals surface area contributed by atoms with Crippen LogP contribution in [-0.4, -0.2) is 13.2 Å². The van der Waals surface area contributed by atoms with Crippen molar-refractivity contribution in [1.82, 2.24) is 0 Å². The summed E-state index contributed by atoms with van der Waals surface area (Å²) in [6.45, 7) is 1.36. The molecule has 0 aromatic rings. The fourth-order valence-corrected chi connectivity index (χ4v) is 0.144. The van der Waals surface area contributed by atoms with Crippen LogP contribution in [0, 0.1) is 0 Å². The van der Waals surface area contributed by atoms with E-state index in [1.807, 2.05) is 0 Å². The van der Waals surface area contributed by atoms with Gasteiger partial charge in [-0.1, -0.05) is 6.92 Å². The van der Waals surface area contributed by atoms with Gasteiger partial charge in [0, 0.05) is 13.5 Å². The summed E-state index contributed by atoms with van der Waals surface area (Å²) in [5, 5.41) is 0. The standard InChI is InChI=1S/C4H8F2O/c1-3-4(5,6)7-2/h3H2,1-2H3. The van der Waals surface area contributed by atoms with Crippen LogP contribution in [0.2, 0.25) is 0 Å². The SMILES string of the molecule is CCC(F)(F)OC. The number of methoxy groups -OCH3 is 1. The van der Waals surface area contributed by atoms with E-state index in [-0.39, 0.29) is 6.42 Å². The minimum absolute atomic E-state index is 0.260. The first-order valence-corrected chi connectivity index (χ1v) is 2.05. The summed E-state index contributed by atoms with van der Waals surface area (Å²) in [5.74, 6) is 0. The van der Waals surface area contributed by atoms with Crippen molar-refractivity contribution in [3.8, 4) is 0 Å². The topological polar surface area (TPSA) is 9.23 Å². The smallest absolute Gasteiger partial charge is 0.324 e. The van der Waals surface area contributed by atoms with E-state index >= 15 is 0 Å². The first-order chi connectivity index (χ1) is 3.12. The second kappa shape index (κ2) is 2.21. The van der Waals surface area contributed by atoms with Crippen LogP contribution in [0.3, 0.4) is 0 Å². The molecule has 0 saturated carbocycles. The molecule has 0 fully saturated rings. The molecular formula is C4H8F2O. The molecule has 0 atom stereocenters. The van der Waals surface area contributed by atoms with Crippen LogP contribution in [0.4, 0.5) is 8.78 Å². The molecule has 0 unspecified atom stereocenters. The van der Waals surface area contributed by atoms with Gasteiger partial charge in [-0.3, -0.25) is 0 Å². The maximum atomic E-state index is 11.7. The second-order valence-corrected chi connectivity index (χ2v) is 1.20. The van der Waals surface area contributed by atoms with E-state index in [9.17, 15) is 8.78 Å². The third-order valence-electron chi connectivity index (χ3n) is 0.710. The van der Waals surface area contributed by atoms with E-state index in [1.165, 1.54) is 6.92 Å². The normalized spacial score (nSPS) is 12.0. The lowest BCUT2D eigenvalue weighted by Crippen LogP contribution is -2.15.